The maximum atomic E-state index is 4.51. The fraction of sp³-hybridized carbons (Fsp3) is 0.778. The number of rotatable bonds is 5. The van der Waals surface area contributed by atoms with Crippen LogP contribution < -0.4 is 10.6 Å². The molecule has 0 saturated carbocycles. The predicted molar refractivity (Wildman–Crippen MR) is 116 cm³/mol. The van der Waals surface area contributed by atoms with Crippen molar-refractivity contribution in [3.63, 3.8) is 0 Å². The second kappa shape index (κ2) is 10.4. The van der Waals surface area contributed by atoms with E-state index in [1.807, 2.05) is 18.8 Å². The molecule has 1 atom stereocenters. The van der Waals surface area contributed by atoms with Gasteiger partial charge in [-0.15, -0.1) is 24.0 Å². The molecule has 0 radical (unpaired) electrons. The molecule has 1 aliphatic rings. The van der Waals surface area contributed by atoms with Crippen molar-refractivity contribution in [2.45, 2.75) is 46.1 Å². The molecule has 2 rings (SSSR count). The first kappa shape index (κ1) is 22.2. The SMILES string of the molecule is CN=C(NCC1CCN(C)CC1)NC(C)Cc1c(C)nn(C)c1C.I. The average molecular weight is 462 g/mol. The van der Waals surface area contributed by atoms with Crippen molar-refractivity contribution < 1.29 is 0 Å². The minimum atomic E-state index is 0. The van der Waals surface area contributed by atoms with E-state index in [1.165, 1.54) is 37.2 Å². The van der Waals surface area contributed by atoms with Crippen LogP contribution in [0, 0.1) is 19.8 Å². The fourth-order valence-electron chi connectivity index (χ4n) is 3.41. The largest absolute Gasteiger partial charge is 0.356 e. The quantitative estimate of drug-likeness (QED) is 0.400. The third-order valence-electron chi connectivity index (χ3n) is 5.17. The zero-order chi connectivity index (χ0) is 17.7. The number of hydrogen-bond acceptors (Lipinski definition) is 3. The normalized spacial score (nSPS) is 17.9. The van der Waals surface area contributed by atoms with Gasteiger partial charge >= 0.3 is 0 Å². The van der Waals surface area contributed by atoms with Crippen LogP contribution in [0.3, 0.4) is 0 Å². The summed E-state index contributed by atoms with van der Waals surface area (Å²) in [4.78, 5) is 6.79. The van der Waals surface area contributed by atoms with Crippen LogP contribution in [0.1, 0.15) is 36.7 Å². The Kier molecular flexibility index (Phi) is 9.20. The molecule has 25 heavy (non-hydrogen) atoms. The van der Waals surface area contributed by atoms with Crippen molar-refractivity contribution in [3.05, 3.63) is 17.0 Å². The van der Waals surface area contributed by atoms with Crippen LogP contribution >= 0.6 is 24.0 Å². The molecule has 144 valence electrons. The van der Waals surface area contributed by atoms with Crippen LogP contribution in [-0.2, 0) is 13.5 Å². The summed E-state index contributed by atoms with van der Waals surface area (Å²) in [7, 11) is 6.05. The van der Waals surface area contributed by atoms with Gasteiger partial charge in [0.05, 0.1) is 5.69 Å². The number of hydrogen-bond donors (Lipinski definition) is 2. The number of guanidine groups is 1. The average Bonchev–Trinajstić information content (AvgIpc) is 2.79. The Balaban J connectivity index is 0.00000312. The van der Waals surface area contributed by atoms with E-state index in [4.69, 9.17) is 0 Å². The molecular formula is C18H35IN6. The molecule has 2 heterocycles. The van der Waals surface area contributed by atoms with Gasteiger partial charge in [-0.25, -0.2) is 0 Å². The molecule has 1 saturated heterocycles. The molecule has 7 heteroatoms. The van der Waals surface area contributed by atoms with Gasteiger partial charge in [0.25, 0.3) is 0 Å². The lowest BCUT2D eigenvalue weighted by molar-refractivity contribution is 0.220. The second-order valence-corrected chi connectivity index (χ2v) is 7.22. The van der Waals surface area contributed by atoms with Crippen molar-refractivity contribution >= 4 is 29.9 Å². The number of nitrogens with zero attached hydrogens (tertiary/aromatic N) is 4. The lowest BCUT2D eigenvalue weighted by atomic mass is 9.97. The summed E-state index contributed by atoms with van der Waals surface area (Å²) < 4.78 is 1.96. The first-order chi connectivity index (χ1) is 11.4. The minimum Gasteiger partial charge on any atom is -0.356 e. The molecule has 2 N–H and O–H groups in total. The Morgan fingerprint density at radius 3 is 2.44 bits per heavy atom. The number of piperidine rings is 1. The Morgan fingerprint density at radius 1 is 1.28 bits per heavy atom. The highest BCUT2D eigenvalue weighted by Crippen LogP contribution is 2.15. The smallest absolute Gasteiger partial charge is 0.191 e. The summed E-state index contributed by atoms with van der Waals surface area (Å²) in [6.45, 7) is 9.83. The van der Waals surface area contributed by atoms with Crippen LogP contribution in [0.25, 0.3) is 0 Å². The standard InChI is InChI=1S/C18H34N6.HI/c1-13(11-17-14(2)22-24(6)15(17)3)21-18(19-4)20-12-16-7-9-23(5)10-8-16;/h13,16H,7-12H2,1-6H3,(H2,19,20,21);1H. The van der Waals surface area contributed by atoms with E-state index >= 15 is 0 Å². The monoisotopic (exact) mass is 462 g/mol. The van der Waals surface area contributed by atoms with Crippen LogP contribution in [0.5, 0.6) is 0 Å². The molecule has 1 unspecified atom stereocenters. The molecule has 0 spiro atoms. The Bertz CT molecular complexity index is 560. The Hall–Kier alpha value is -0.830. The molecule has 0 aromatic carbocycles. The highest BCUT2D eigenvalue weighted by molar-refractivity contribution is 14.0. The number of likely N-dealkylation sites (tertiary alicyclic amines) is 1. The zero-order valence-electron chi connectivity index (χ0n) is 16.6. The molecule has 1 aromatic rings. The topological polar surface area (TPSA) is 57.5 Å². The van der Waals surface area contributed by atoms with Crippen molar-refractivity contribution in [2.24, 2.45) is 18.0 Å². The van der Waals surface area contributed by atoms with E-state index in [0.717, 1.165) is 30.5 Å². The summed E-state index contributed by atoms with van der Waals surface area (Å²) >= 11 is 0. The molecule has 6 nitrogen and oxygen atoms in total. The van der Waals surface area contributed by atoms with Gasteiger partial charge in [-0.1, -0.05) is 0 Å². The van der Waals surface area contributed by atoms with Gasteiger partial charge in [0.2, 0.25) is 0 Å². The van der Waals surface area contributed by atoms with Crippen molar-refractivity contribution in [3.8, 4) is 0 Å². The first-order valence-electron chi connectivity index (χ1n) is 9.05. The van der Waals surface area contributed by atoms with E-state index < -0.39 is 0 Å². The van der Waals surface area contributed by atoms with E-state index in [2.05, 4.69) is 53.4 Å². The Labute approximate surface area is 169 Å². The highest BCUT2D eigenvalue weighted by atomic mass is 127. The van der Waals surface area contributed by atoms with E-state index in [9.17, 15) is 0 Å². The van der Waals surface area contributed by atoms with Crippen molar-refractivity contribution in [1.29, 1.82) is 0 Å². The summed E-state index contributed by atoms with van der Waals surface area (Å²) in [6, 6.07) is 0.315. The third kappa shape index (κ3) is 6.44. The lowest BCUT2D eigenvalue weighted by Gasteiger charge is -2.29. The summed E-state index contributed by atoms with van der Waals surface area (Å²) in [5.74, 6) is 1.65. The molecule has 1 fully saturated rings. The first-order valence-corrected chi connectivity index (χ1v) is 9.05. The highest BCUT2D eigenvalue weighted by Gasteiger charge is 2.18. The van der Waals surface area contributed by atoms with E-state index in [1.54, 1.807) is 0 Å². The van der Waals surface area contributed by atoms with Gasteiger partial charge in [0.15, 0.2) is 5.96 Å². The van der Waals surface area contributed by atoms with Crippen LogP contribution in [0.2, 0.25) is 0 Å². The predicted octanol–water partition coefficient (Wildman–Crippen LogP) is 2.09. The van der Waals surface area contributed by atoms with Gasteiger partial charge in [-0.05, 0) is 71.7 Å². The van der Waals surface area contributed by atoms with Gasteiger partial charge in [0, 0.05) is 32.4 Å². The molecular weight excluding hydrogens is 427 g/mol. The molecule has 0 amide bonds. The third-order valence-corrected chi connectivity index (χ3v) is 5.17. The molecule has 1 aromatic heterocycles. The maximum Gasteiger partial charge on any atom is 0.191 e. The van der Waals surface area contributed by atoms with Crippen LogP contribution in [-0.4, -0.2) is 60.4 Å². The number of nitrogens with one attached hydrogen (secondary N) is 2. The van der Waals surface area contributed by atoms with E-state index in [-0.39, 0.29) is 24.0 Å². The number of halogens is 1. The second-order valence-electron chi connectivity index (χ2n) is 7.22. The minimum absolute atomic E-state index is 0. The maximum absolute atomic E-state index is 4.51. The van der Waals surface area contributed by atoms with Gasteiger partial charge < -0.3 is 15.5 Å². The van der Waals surface area contributed by atoms with E-state index in [0.29, 0.717) is 6.04 Å². The number of aliphatic imine (C=N–C) groups is 1. The number of aryl methyl sites for hydroxylation is 2. The fourth-order valence-corrected chi connectivity index (χ4v) is 3.41. The van der Waals surface area contributed by atoms with Crippen LogP contribution in [0.4, 0.5) is 0 Å². The zero-order valence-corrected chi connectivity index (χ0v) is 18.9. The van der Waals surface area contributed by atoms with Crippen molar-refractivity contribution in [1.82, 2.24) is 25.3 Å². The summed E-state index contributed by atoms with van der Waals surface area (Å²) in [6.07, 6.45) is 3.49. The molecule has 0 bridgehead atoms. The lowest BCUT2D eigenvalue weighted by Crippen LogP contribution is -2.45. The summed E-state index contributed by atoms with van der Waals surface area (Å²) in [5, 5.41) is 11.5. The molecule has 0 aliphatic carbocycles. The van der Waals surface area contributed by atoms with Gasteiger partial charge in [-0.2, -0.15) is 5.10 Å². The van der Waals surface area contributed by atoms with Gasteiger partial charge in [0.1, 0.15) is 0 Å². The van der Waals surface area contributed by atoms with Crippen molar-refractivity contribution in [2.75, 3.05) is 33.7 Å². The van der Waals surface area contributed by atoms with Crippen LogP contribution in [0.15, 0.2) is 4.99 Å². The summed E-state index contributed by atoms with van der Waals surface area (Å²) in [5.41, 5.74) is 3.71. The van der Waals surface area contributed by atoms with Gasteiger partial charge in [-0.3, -0.25) is 9.67 Å². The number of aromatic nitrogens is 2. The molecule has 1 aliphatic heterocycles. The Morgan fingerprint density at radius 2 is 1.92 bits per heavy atom.